The minimum absolute atomic E-state index is 0. The summed E-state index contributed by atoms with van der Waals surface area (Å²) in [5, 5.41) is 3.27. The number of rotatable bonds is 1. The van der Waals surface area contributed by atoms with Gasteiger partial charge in [0.15, 0.2) is 0 Å². The first-order valence-electron chi connectivity index (χ1n) is 6.58. The maximum Gasteiger partial charge on any atom is 0.240 e. The van der Waals surface area contributed by atoms with E-state index in [0.717, 1.165) is 43.5 Å². The van der Waals surface area contributed by atoms with Crippen molar-refractivity contribution in [2.75, 3.05) is 24.7 Å². The lowest BCUT2D eigenvalue weighted by atomic mass is 9.75. The molecule has 0 aliphatic carbocycles. The number of carbonyl (C=O) groups is 1. The van der Waals surface area contributed by atoms with Crippen LogP contribution in [-0.2, 0) is 4.79 Å². The number of piperidine rings is 1. The zero-order valence-electron chi connectivity index (χ0n) is 11.6. The maximum absolute atomic E-state index is 12.2. The number of nitrogens with zero attached hydrogens (tertiary/aromatic N) is 1. The summed E-state index contributed by atoms with van der Waals surface area (Å²) < 4.78 is 0. The lowest BCUT2D eigenvalue weighted by Crippen LogP contribution is -2.49. The molecule has 2 aliphatic heterocycles. The lowest BCUT2D eigenvalue weighted by Gasteiger charge is -2.39. The highest BCUT2D eigenvalue weighted by atomic mass is 35.5. The van der Waals surface area contributed by atoms with Crippen LogP contribution in [0, 0.1) is 11.3 Å². The van der Waals surface area contributed by atoms with Crippen molar-refractivity contribution in [1.82, 2.24) is 10.2 Å². The van der Waals surface area contributed by atoms with Crippen LogP contribution in [0.2, 0.25) is 0 Å². The topological polar surface area (TPSA) is 32.3 Å². The van der Waals surface area contributed by atoms with Gasteiger partial charge in [0.05, 0.1) is 6.04 Å². The van der Waals surface area contributed by atoms with E-state index < -0.39 is 0 Å². The molecule has 1 amide bonds. The van der Waals surface area contributed by atoms with Crippen LogP contribution < -0.4 is 5.32 Å². The Kier molecular flexibility index (Phi) is 5.81. The van der Waals surface area contributed by atoms with E-state index >= 15 is 0 Å². The summed E-state index contributed by atoms with van der Waals surface area (Å²) >= 11 is 1.82. The number of hydrogen-bond donors (Lipinski definition) is 1. The van der Waals surface area contributed by atoms with Crippen molar-refractivity contribution in [3.05, 3.63) is 0 Å². The van der Waals surface area contributed by atoms with E-state index in [1.54, 1.807) is 0 Å². The Hall–Kier alpha value is 0.0700. The molecule has 0 radical (unpaired) electrons. The third kappa shape index (κ3) is 3.78. The van der Waals surface area contributed by atoms with E-state index in [2.05, 4.69) is 31.0 Å². The number of thioether (sulfide) groups is 1. The third-order valence-electron chi connectivity index (χ3n) is 4.05. The van der Waals surface area contributed by atoms with E-state index in [4.69, 9.17) is 0 Å². The molecule has 2 fully saturated rings. The molecular formula is C13H25ClN2OS. The Balaban J connectivity index is 0.00000162. The molecule has 0 spiro atoms. The first-order chi connectivity index (χ1) is 7.98. The predicted molar refractivity (Wildman–Crippen MR) is 80.3 cm³/mol. The number of halogens is 1. The summed E-state index contributed by atoms with van der Waals surface area (Å²) in [7, 11) is 0. The van der Waals surface area contributed by atoms with E-state index in [-0.39, 0.29) is 18.4 Å². The van der Waals surface area contributed by atoms with Crippen molar-refractivity contribution >= 4 is 30.1 Å². The molecule has 0 aromatic carbocycles. The van der Waals surface area contributed by atoms with Crippen molar-refractivity contribution in [1.29, 1.82) is 0 Å². The predicted octanol–water partition coefficient (Wildman–Crippen LogP) is 2.36. The highest BCUT2D eigenvalue weighted by molar-refractivity contribution is 7.99. The third-order valence-corrected chi connectivity index (χ3v) is 4.99. The molecule has 5 heteroatoms. The Labute approximate surface area is 121 Å². The van der Waals surface area contributed by atoms with Crippen LogP contribution in [-0.4, -0.2) is 41.6 Å². The summed E-state index contributed by atoms with van der Waals surface area (Å²) in [4.78, 5) is 14.3. The molecule has 3 nitrogen and oxygen atoms in total. The largest absolute Gasteiger partial charge is 0.341 e. The molecule has 0 saturated carbocycles. The van der Waals surface area contributed by atoms with Crippen LogP contribution in [0.4, 0.5) is 0 Å². The number of hydrogen-bond acceptors (Lipinski definition) is 3. The first-order valence-corrected chi connectivity index (χ1v) is 7.74. The van der Waals surface area contributed by atoms with Gasteiger partial charge < -0.3 is 4.90 Å². The Morgan fingerprint density at radius 3 is 2.33 bits per heavy atom. The smallest absolute Gasteiger partial charge is 0.240 e. The van der Waals surface area contributed by atoms with Gasteiger partial charge in [-0.2, -0.15) is 0 Å². The summed E-state index contributed by atoms with van der Waals surface area (Å²) in [6.45, 7) is 8.83. The fourth-order valence-corrected chi connectivity index (χ4v) is 3.67. The quantitative estimate of drug-likeness (QED) is 0.805. The summed E-state index contributed by atoms with van der Waals surface area (Å²) in [5.74, 6) is 2.95. The summed E-state index contributed by atoms with van der Waals surface area (Å²) in [6.07, 6.45) is 2.32. The van der Waals surface area contributed by atoms with Gasteiger partial charge in [-0.05, 0) is 24.2 Å². The Morgan fingerprint density at radius 1 is 1.28 bits per heavy atom. The van der Waals surface area contributed by atoms with Crippen molar-refractivity contribution in [2.45, 2.75) is 39.7 Å². The molecule has 0 bridgehead atoms. The molecular weight excluding hydrogens is 268 g/mol. The fraction of sp³-hybridized carbons (Fsp3) is 0.923. The molecule has 18 heavy (non-hydrogen) atoms. The fourth-order valence-electron chi connectivity index (χ4n) is 2.74. The minimum Gasteiger partial charge on any atom is -0.341 e. The molecule has 2 aliphatic rings. The summed E-state index contributed by atoms with van der Waals surface area (Å²) in [6, 6.07) is 0.0752. The highest BCUT2D eigenvalue weighted by Crippen LogP contribution is 2.34. The summed E-state index contributed by atoms with van der Waals surface area (Å²) in [5.41, 5.74) is 0.386. The van der Waals surface area contributed by atoms with Gasteiger partial charge in [-0.15, -0.1) is 24.2 Å². The lowest BCUT2D eigenvalue weighted by molar-refractivity contribution is -0.134. The van der Waals surface area contributed by atoms with Gasteiger partial charge in [-0.3, -0.25) is 10.1 Å². The zero-order chi connectivity index (χ0) is 12.5. The van der Waals surface area contributed by atoms with Crippen LogP contribution in [0.25, 0.3) is 0 Å². The second-order valence-corrected chi connectivity index (χ2v) is 7.27. The molecule has 106 valence electrons. The van der Waals surface area contributed by atoms with Crippen molar-refractivity contribution < 1.29 is 4.79 Å². The van der Waals surface area contributed by atoms with Crippen LogP contribution in [0.1, 0.15) is 33.6 Å². The van der Waals surface area contributed by atoms with E-state index in [9.17, 15) is 4.79 Å². The first kappa shape index (κ1) is 16.1. The van der Waals surface area contributed by atoms with Crippen LogP contribution in [0.3, 0.4) is 0 Å². The van der Waals surface area contributed by atoms with Gasteiger partial charge in [-0.25, -0.2) is 0 Å². The van der Waals surface area contributed by atoms with Crippen molar-refractivity contribution in [3.63, 3.8) is 0 Å². The van der Waals surface area contributed by atoms with E-state index in [0.29, 0.717) is 11.3 Å². The van der Waals surface area contributed by atoms with E-state index in [1.165, 1.54) is 0 Å². The molecule has 1 unspecified atom stereocenters. The Morgan fingerprint density at radius 2 is 1.89 bits per heavy atom. The van der Waals surface area contributed by atoms with Gasteiger partial charge in [0.2, 0.25) is 5.91 Å². The van der Waals surface area contributed by atoms with Crippen LogP contribution in [0.5, 0.6) is 0 Å². The van der Waals surface area contributed by atoms with Gasteiger partial charge in [0, 0.05) is 24.7 Å². The number of carbonyl (C=O) groups excluding carboxylic acids is 1. The van der Waals surface area contributed by atoms with Crippen molar-refractivity contribution in [3.8, 4) is 0 Å². The zero-order valence-corrected chi connectivity index (χ0v) is 13.2. The molecule has 0 aromatic heterocycles. The highest BCUT2D eigenvalue weighted by Gasteiger charge is 2.33. The Bertz CT molecular complexity index is 279. The molecule has 1 atom stereocenters. The van der Waals surface area contributed by atoms with Crippen LogP contribution >= 0.6 is 24.2 Å². The normalized spacial score (nSPS) is 25.9. The van der Waals surface area contributed by atoms with Gasteiger partial charge in [-0.1, -0.05) is 20.8 Å². The van der Waals surface area contributed by atoms with Gasteiger partial charge in [0.25, 0.3) is 0 Å². The van der Waals surface area contributed by atoms with Crippen LogP contribution in [0.15, 0.2) is 0 Å². The monoisotopic (exact) mass is 292 g/mol. The number of nitrogens with one attached hydrogen (secondary N) is 1. The average Bonchev–Trinajstić information content (AvgIpc) is 2.80. The van der Waals surface area contributed by atoms with Gasteiger partial charge >= 0.3 is 0 Å². The SMILES string of the molecule is CC(C)(C)C1CCN(C(=O)C2CSCN2)CC1.Cl. The molecule has 1 N–H and O–H groups in total. The molecule has 2 rings (SSSR count). The number of likely N-dealkylation sites (tertiary alicyclic amines) is 1. The second-order valence-electron chi connectivity index (χ2n) is 6.24. The average molecular weight is 293 g/mol. The van der Waals surface area contributed by atoms with E-state index in [1.807, 2.05) is 11.8 Å². The molecule has 0 aromatic rings. The second kappa shape index (κ2) is 6.49. The maximum atomic E-state index is 12.2. The van der Waals surface area contributed by atoms with Crippen molar-refractivity contribution in [2.24, 2.45) is 11.3 Å². The number of amides is 1. The standard InChI is InChI=1S/C13H24N2OS.ClH/c1-13(2,3)10-4-6-15(7-5-10)12(16)11-8-17-9-14-11;/h10-11,14H,4-9H2,1-3H3;1H. The minimum atomic E-state index is 0. The molecule has 2 saturated heterocycles. The van der Waals surface area contributed by atoms with Gasteiger partial charge in [0.1, 0.15) is 0 Å². The molecule has 2 heterocycles.